The molecule has 0 fully saturated rings. The van der Waals surface area contributed by atoms with E-state index in [2.05, 4.69) is 17.7 Å². The van der Waals surface area contributed by atoms with Crippen molar-refractivity contribution in [3.05, 3.63) is 24.0 Å². The van der Waals surface area contributed by atoms with Gasteiger partial charge in [-0.1, -0.05) is 0 Å². The van der Waals surface area contributed by atoms with Crippen molar-refractivity contribution in [3.8, 4) is 0 Å². The number of fused-ring (bicyclic) bond motifs is 1. The van der Waals surface area contributed by atoms with Gasteiger partial charge in [-0.2, -0.15) is 0 Å². The smallest absolute Gasteiger partial charge is 0.237 e. The SMILES string of the molecule is C[C@H]1CN(C(=O)CCl)Cc2cccn21. The second kappa shape index (κ2) is 3.65. The van der Waals surface area contributed by atoms with Crippen LogP contribution in [0.2, 0.25) is 0 Å². The summed E-state index contributed by atoms with van der Waals surface area (Å²) in [6.07, 6.45) is 2.06. The number of hydrogen-bond acceptors (Lipinski definition) is 1. The summed E-state index contributed by atoms with van der Waals surface area (Å²) in [5.74, 6) is 0.0962. The maximum absolute atomic E-state index is 11.4. The molecule has 0 N–H and O–H groups in total. The molecule has 1 amide bonds. The second-order valence-electron chi connectivity index (χ2n) is 3.66. The van der Waals surface area contributed by atoms with Crippen LogP contribution in [0, 0.1) is 0 Å². The fourth-order valence-electron chi connectivity index (χ4n) is 1.93. The monoisotopic (exact) mass is 212 g/mol. The third-order valence-electron chi connectivity index (χ3n) is 2.65. The molecule has 0 aromatic carbocycles. The highest BCUT2D eigenvalue weighted by atomic mass is 35.5. The van der Waals surface area contributed by atoms with E-state index in [0.717, 1.165) is 6.54 Å². The summed E-state index contributed by atoms with van der Waals surface area (Å²) in [7, 11) is 0. The van der Waals surface area contributed by atoms with E-state index in [9.17, 15) is 4.79 Å². The van der Waals surface area contributed by atoms with Crippen LogP contribution in [0.4, 0.5) is 0 Å². The van der Waals surface area contributed by atoms with Crippen molar-refractivity contribution in [1.29, 1.82) is 0 Å². The van der Waals surface area contributed by atoms with Crippen LogP contribution in [-0.4, -0.2) is 27.8 Å². The first kappa shape index (κ1) is 9.59. The molecule has 3 nitrogen and oxygen atoms in total. The van der Waals surface area contributed by atoms with E-state index in [0.29, 0.717) is 12.6 Å². The average Bonchev–Trinajstić information content (AvgIpc) is 2.64. The van der Waals surface area contributed by atoms with E-state index >= 15 is 0 Å². The Morgan fingerprint density at radius 2 is 2.50 bits per heavy atom. The lowest BCUT2D eigenvalue weighted by atomic mass is 10.2. The summed E-state index contributed by atoms with van der Waals surface area (Å²) >= 11 is 5.54. The van der Waals surface area contributed by atoms with Crippen molar-refractivity contribution in [3.63, 3.8) is 0 Å². The Labute approximate surface area is 88.3 Å². The number of amides is 1. The van der Waals surface area contributed by atoms with Crippen molar-refractivity contribution < 1.29 is 4.79 Å². The lowest BCUT2D eigenvalue weighted by molar-refractivity contribution is -0.130. The Bertz CT molecular complexity index is 348. The summed E-state index contributed by atoms with van der Waals surface area (Å²) < 4.78 is 2.21. The van der Waals surface area contributed by atoms with Crippen molar-refractivity contribution in [2.24, 2.45) is 0 Å². The lowest BCUT2D eigenvalue weighted by Gasteiger charge is -2.32. The molecule has 2 heterocycles. The average molecular weight is 213 g/mol. The number of rotatable bonds is 1. The summed E-state index contributed by atoms with van der Waals surface area (Å²) in [5.41, 5.74) is 1.18. The number of nitrogens with zero attached hydrogens (tertiary/aromatic N) is 2. The number of carbonyl (C=O) groups is 1. The molecule has 0 saturated carbocycles. The number of hydrogen-bond donors (Lipinski definition) is 0. The molecule has 1 aliphatic heterocycles. The van der Waals surface area contributed by atoms with Gasteiger partial charge in [0.1, 0.15) is 5.88 Å². The maximum Gasteiger partial charge on any atom is 0.237 e. The molecule has 76 valence electrons. The van der Waals surface area contributed by atoms with Gasteiger partial charge in [-0.3, -0.25) is 4.79 Å². The molecule has 0 saturated heterocycles. The first-order valence-electron chi connectivity index (χ1n) is 4.72. The largest absolute Gasteiger partial charge is 0.345 e. The molecule has 1 aliphatic rings. The van der Waals surface area contributed by atoms with E-state index < -0.39 is 0 Å². The van der Waals surface area contributed by atoms with Crippen LogP contribution in [0.3, 0.4) is 0 Å². The third kappa shape index (κ3) is 1.52. The highest BCUT2D eigenvalue weighted by Gasteiger charge is 2.23. The predicted molar refractivity (Wildman–Crippen MR) is 55.3 cm³/mol. The van der Waals surface area contributed by atoms with Crippen LogP contribution in [0.25, 0.3) is 0 Å². The van der Waals surface area contributed by atoms with Crippen LogP contribution in [-0.2, 0) is 11.3 Å². The van der Waals surface area contributed by atoms with Gasteiger partial charge in [-0.15, -0.1) is 11.6 Å². The zero-order chi connectivity index (χ0) is 10.1. The summed E-state index contributed by atoms with van der Waals surface area (Å²) in [4.78, 5) is 13.2. The molecule has 1 atom stereocenters. The zero-order valence-electron chi connectivity index (χ0n) is 8.11. The summed E-state index contributed by atoms with van der Waals surface area (Å²) in [5, 5.41) is 0. The fourth-order valence-corrected chi connectivity index (χ4v) is 2.10. The Hall–Kier alpha value is -0.960. The van der Waals surface area contributed by atoms with Crippen LogP contribution >= 0.6 is 11.6 Å². The zero-order valence-corrected chi connectivity index (χ0v) is 8.87. The minimum absolute atomic E-state index is 0.0194. The van der Waals surface area contributed by atoms with Gasteiger partial charge in [-0.25, -0.2) is 0 Å². The first-order valence-corrected chi connectivity index (χ1v) is 5.25. The number of alkyl halides is 1. The molecule has 1 aromatic heterocycles. The molecular weight excluding hydrogens is 200 g/mol. The molecule has 0 spiro atoms. The van der Waals surface area contributed by atoms with Gasteiger partial charge in [0.2, 0.25) is 5.91 Å². The molecule has 1 aromatic rings. The minimum Gasteiger partial charge on any atom is -0.345 e. The van der Waals surface area contributed by atoms with Crippen LogP contribution in [0.1, 0.15) is 18.7 Å². The molecule has 0 radical (unpaired) electrons. The van der Waals surface area contributed by atoms with Crippen molar-refractivity contribution in [2.75, 3.05) is 12.4 Å². The Kier molecular flexibility index (Phi) is 2.50. The van der Waals surface area contributed by atoms with Crippen molar-refractivity contribution in [2.45, 2.75) is 19.5 Å². The molecule has 2 rings (SSSR count). The normalized spacial score (nSPS) is 20.7. The highest BCUT2D eigenvalue weighted by molar-refractivity contribution is 6.27. The van der Waals surface area contributed by atoms with Gasteiger partial charge in [0, 0.05) is 24.5 Å². The van der Waals surface area contributed by atoms with Crippen molar-refractivity contribution >= 4 is 17.5 Å². The van der Waals surface area contributed by atoms with E-state index in [1.807, 2.05) is 17.0 Å². The van der Waals surface area contributed by atoms with Gasteiger partial charge in [-0.05, 0) is 19.1 Å². The quantitative estimate of drug-likeness (QED) is 0.650. The molecule has 0 bridgehead atoms. The first-order chi connectivity index (χ1) is 6.72. The van der Waals surface area contributed by atoms with Gasteiger partial charge < -0.3 is 9.47 Å². The third-order valence-corrected chi connectivity index (χ3v) is 2.87. The van der Waals surface area contributed by atoms with Gasteiger partial charge in [0.15, 0.2) is 0 Å². The Balaban J connectivity index is 2.21. The van der Waals surface area contributed by atoms with Gasteiger partial charge >= 0.3 is 0 Å². The number of halogens is 1. The highest BCUT2D eigenvalue weighted by Crippen LogP contribution is 2.21. The van der Waals surface area contributed by atoms with E-state index in [1.165, 1.54) is 5.69 Å². The van der Waals surface area contributed by atoms with Crippen LogP contribution < -0.4 is 0 Å². The van der Waals surface area contributed by atoms with Crippen LogP contribution in [0.5, 0.6) is 0 Å². The number of carbonyl (C=O) groups excluding carboxylic acids is 1. The van der Waals surface area contributed by atoms with Crippen molar-refractivity contribution in [1.82, 2.24) is 9.47 Å². The molecule has 0 unspecified atom stereocenters. The summed E-state index contributed by atoms with van der Waals surface area (Å²) in [6, 6.07) is 4.41. The molecular formula is C10H13ClN2O. The lowest BCUT2D eigenvalue weighted by Crippen LogP contribution is -2.40. The minimum atomic E-state index is 0.0194. The maximum atomic E-state index is 11.4. The molecule has 4 heteroatoms. The van der Waals surface area contributed by atoms with E-state index in [-0.39, 0.29) is 11.8 Å². The summed E-state index contributed by atoms with van der Waals surface area (Å²) in [6.45, 7) is 3.55. The standard InChI is InChI=1S/C10H13ClN2O/c1-8-6-12(10(14)5-11)7-9-3-2-4-13(8)9/h2-4,8H,5-7H2,1H3/t8-/m0/s1. The Morgan fingerprint density at radius 3 is 3.21 bits per heavy atom. The van der Waals surface area contributed by atoms with Crippen LogP contribution in [0.15, 0.2) is 18.3 Å². The fraction of sp³-hybridized carbons (Fsp3) is 0.500. The van der Waals surface area contributed by atoms with E-state index in [4.69, 9.17) is 11.6 Å². The van der Waals surface area contributed by atoms with Gasteiger partial charge in [0.25, 0.3) is 0 Å². The predicted octanol–water partition coefficient (Wildman–Crippen LogP) is 1.63. The molecule has 14 heavy (non-hydrogen) atoms. The molecule has 0 aliphatic carbocycles. The number of aromatic nitrogens is 1. The Morgan fingerprint density at radius 1 is 1.71 bits per heavy atom. The second-order valence-corrected chi connectivity index (χ2v) is 3.93. The van der Waals surface area contributed by atoms with Gasteiger partial charge in [0.05, 0.1) is 6.54 Å². The topological polar surface area (TPSA) is 25.2 Å². The van der Waals surface area contributed by atoms with E-state index in [1.54, 1.807) is 0 Å².